The van der Waals surface area contributed by atoms with Crippen LogP contribution in [-0.4, -0.2) is 31.9 Å². The van der Waals surface area contributed by atoms with Gasteiger partial charge in [0.05, 0.1) is 12.6 Å². The Balaban J connectivity index is 0.00000132. The largest absolute Gasteiger partial charge is 1.00 e. The summed E-state index contributed by atoms with van der Waals surface area (Å²) in [7, 11) is 1.72. The number of nitrogens with one attached hydrogen (secondary N) is 2. The second kappa shape index (κ2) is 5.52. The van der Waals surface area contributed by atoms with Crippen molar-refractivity contribution >= 4 is 10.9 Å². The van der Waals surface area contributed by atoms with E-state index in [1.165, 1.54) is 22.2 Å². The molecule has 0 unspecified atom stereocenters. The van der Waals surface area contributed by atoms with E-state index < -0.39 is 0 Å². The lowest BCUT2D eigenvalue weighted by atomic mass is 9.81. The smallest absolute Gasteiger partial charge is 0.119 e. The summed E-state index contributed by atoms with van der Waals surface area (Å²) in [6, 6.07) is 6.30. The van der Waals surface area contributed by atoms with Crippen LogP contribution in [0.2, 0.25) is 0 Å². The fourth-order valence-corrected chi connectivity index (χ4v) is 3.68. The van der Waals surface area contributed by atoms with Crippen LogP contribution >= 0.6 is 0 Å². The minimum Gasteiger partial charge on any atom is -1.00 e. The molecule has 2 aromatic rings. The second-order valence-corrected chi connectivity index (χ2v) is 5.76. The summed E-state index contributed by atoms with van der Waals surface area (Å²) in [4.78, 5) is 3.65. The first-order valence-corrected chi connectivity index (χ1v) is 7.34. The van der Waals surface area contributed by atoms with E-state index in [0.717, 1.165) is 44.8 Å². The van der Waals surface area contributed by atoms with Gasteiger partial charge in [-0.1, -0.05) is 0 Å². The number of aromatic amines is 1. The zero-order chi connectivity index (χ0) is 13.6. The first-order chi connectivity index (χ1) is 9.82. The van der Waals surface area contributed by atoms with Crippen LogP contribution < -0.4 is 22.5 Å². The van der Waals surface area contributed by atoms with Gasteiger partial charge < -0.3 is 32.2 Å². The SMILES string of the molecule is COc1ccc2[nH]c3c(c2c1)CCNC31CCOCC1.[Cl-]. The van der Waals surface area contributed by atoms with Crippen molar-refractivity contribution < 1.29 is 21.9 Å². The number of methoxy groups -OCH3 is 1. The van der Waals surface area contributed by atoms with E-state index in [0.29, 0.717) is 0 Å². The van der Waals surface area contributed by atoms with Crippen LogP contribution in [0.1, 0.15) is 24.1 Å². The number of H-pyrrole nitrogens is 1. The summed E-state index contributed by atoms with van der Waals surface area (Å²) in [6.07, 6.45) is 3.17. The van der Waals surface area contributed by atoms with Gasteiger partial charge >= 0.3 is 0 Å². The summed E-state index contributed by atoms with van der Waals surface area (Å²) < 4.78 is 10.9. The minimum atomic E-state index is 0. The van der Waals surface area contributed by atoms with Gasteiger partial charge in [-0.05, 0) is 43.0 Å². The van der Waals surface area contributed by atoms with Crippen LogP contribution in [0.5, 0.6) is 5.75 Å². The molecule has 21 heavy (non-hydrogen) atoms. The number of hydrogen-bond donors (Lipinski definition) is 2. The topological polar surface area (TPSA) is 46.3 Å². The molecular formula is C16H20ClN2O2-. The number of ether oxygens (including phenoxy) is 2. The van der Waals surface area contributed by atoms with Crippen molar-refractivity contribution in [2.24, 2.45) is 0 Å². The summed E-state index contributed by atoms with van der Waals surface area (Å²) in [5.41, 5.74) is 4.12. The Kier molecular flexibility index (Phi) is 3.86. The molecule has 4 nitrogen and oxygen atoms in total. The lowest BCUT2D eigenvalue weighted by Gasteiger charge is -2.41. The van der Waals surface area contributed by atoms with Gasteiger partial charge in [0.15, 0.2) is 0 Å². The maximum atomic E-state index is 5.55. The van der Waals surface area contributed by atoms with Gasteiger partial charge in [0, 0.05) is 36.4 Å². The van der Waals surface area contributed by atoms with Gasteiger partial charge in [-0.2, -0.15) is 0 Å². The zero-order valence-electron chi connectivity index (χ0n) is 12.2. The molecule has 1 aromatic carbocycles. The van der Waals surface area contributed by atoms with Gasteiger partial charge in [-0.3, -0.25) is 0 Å². The maximum Gasteiger partial charge on any atom is 0.119 e. The molecule has 114 valence electrons. The number of fused-ring (bicyclic) bond motifs is 4. The maximum absolute atomic E-state index is 5.55. The number of rotatable bonds is 1. The standard InChI is InChI=1S/C16H20N2O2.ClH/c1-19-11-2-3-14-13(10-11)12-4-7-17-16(15(12)18-14)5-8-20-9-6-16;/h2-3,10,17-18H,4-9H2,1H3;1H/p-1. The Hall–Kier alpha value is -1.23. The average molecular weight is 308 g/mol. The predicted octanol–water partition coefficient (Wildman–Crippen LogP) is -0.668. The molecule has 1 spiro atoms. The van der Waals surface area contributed by atoms with Crippen molar-refractivity contribution in [3.05, 3.63) is 29.5 Å². The minimum absolute atomic E-state index is 0. The van der Waals surface area contributed by atoms with Crippen molar-refractivity contribution in [1.29, 1.82) is 0 Å². The molecule has 5 heteroatoms. The number of halogens is 1. The molecule has 1 fully saturated rings. The van der Waals surface area contributed by atoms with Gasteiger partial charge in [-0.25, -0.2) is 0 Å². The van der Waals surface area contributed by atoms with E-state index >= 15 is 0 Å². The third kappa shape index (κ3) is 2.22. The highest BCUT2D eigenvalue weighted by atomic mass is 35.5. The van der Waals surface area contributed by atoms with Crippen LogP contribution in [0, 0.1) is 0 Å². The van der Waals surface area contributed by atoms with E-state index in [1.54, 1.807) is 7.11 Å². The van der Waals surface area contributed by atoms with Crippen molar-refractivity contribution in [3.8, 4) is 5.75 Å². The highest BCUT2D eigenvalue weighted by Gasteiger charge is 2.39. The molecule has 0 bridgehead atoms. The fourth-order valence-electron chi connectivity index (χ4n) is 3.68. The van der Waals surface area contributed by atoms with Gasteiger partial charge in [0.1, 0.15) is 5.75 Å². The molecule has 2 aliphatic heterocycles. The number of hydrogen-bond acceptors (Lipinski definition) is 3. The van der Waals surface area contributed by atoms with Crippen LogP contribution in [0.3, 0.4) is 0 Å². The lowest BCUT2D eigenvalue weighted by Crippen LogP contribution is -3.00. The van der Waals surface area contributed by atoms with Gasteiger partial charge in [0.25, 0.3) is 0 Å². The van der Waals surface area contributed by atoms with E-state index in [1.807, 2.05) is 6.07 Å². The van der Waals surface area contributed by atoms with E-state index in [-0.39, 0.29) is 17.9 Å². The Labute approximate surface area is 130 Å². The number of benzene rings is 1. The molecular weight excluding hydrogens is 288 g/mol. The molecule has 0 radical (unpaired) electrons. The Bertz CT molecular complexity index is 647. The highest BCUT2D eigenvalue weighted by Crippen LogP contribution is 2.40. The first-order valence-electron chi connectivity index (χ1n) is 7.34. The third-order valence-electron chi connectivity index (χ3n) is 4.78. The molecule has 2 N–H and O–H groups in total. The quantitative estimate of drug-likeness (QED) is 0.735. The first kappa shape index (κ1) is 14.7. The van der Waals surface area contributed by atoms with Crippen LogP contribution in [0.15, 0.2) is 18.2 Å². The Morgan fingerprint density at radius 3 is 2.81 bits per heavy atom. The molecule has 0 atom stereocenters. The van der Waals surface area contributed by atoms with Gasteiger partial charge in [-0.15, -0.1) is 0 Å². The third-order valence-corrected chi connectivity index (χ3v) is 4.78. The van der Waals surface area contributed by atoms with Crippen molar-refractivity contribution in [1.82, 2.24) is 10.3 Å². The van der Waals surface area contributed by atoms with E-state index in [4.69, 9.17) is 9.47 Å². The normalized spacial score (nSPS) is 20.0. The fraction of sp³-hybridized carbons (Fsp3) is 0.500. The van der Waals surface area contributed by atoms with Crippen LogP contribution in [-0.2, 0) is 16.7 Å². The van der Waals surface area contributed by atoms with E-state index in [9.17, 15) is 0 Å². The molecule has 4 rings (SSSR count). The van der Waals surface area contributed by atoms with Crippen molar-refractivity contribution in [3.63, 3.8) is 0 Å². The number of aromatic nitrogens is 1. The summed E-state index contributed by atoms with van der Waals surface area (Å²) >= 11 is 0. The monoisotopic (exact) mass is 307 g/mol. The molecule has 0 amide bonds. The van der Waals surface area contributed by atoms with Crippen LogP contribution in [0.25, 0.3) is 10.9 Å². The molecule has 1 saturated heterocycles. The lowest BCUT2D eigenvalue weighted by molar-refractivity contribution is -0.00000886. The second-order valence-electron chi connectivity index (χ2n) is 5.76. The van der Waals surface area contributed by atoms with Crippen molar-refractivity contribution in [2.75, 3.05) is 26.9 Å². The van der Waals surface area contributed by atoms with Crippen LogP contribution in [0.4, 0.5) is 0 Å². The Morgan fingerprint density at radius 1 is 1.24 bits per heavy atom. The van der Waals surface area contributed by atoms with E-state index in [2.05, 4.69) is 22.4 Å². The molecule has 0 saturated carbocycles. The summed E-state index contributed by atoms with van der Waals surface area (Å²) in [6.45, 7) is 2.72. The average Bonchev–Trinajstić information content (AvgIpc) is 2.88. The molecule has 3 heterocycles. The summed E-state index contributed by atoms with van der Waals surface area (Å²) in [5.74, 6) is 0.930. The molecule has 2 aliphatic rings. The molecule has 0 aliphatic carbocycles. The molecule has 1 aromatic heterocycles. The predicted molar refractivity (Wildman–Crippen MR) is 78.3 cm³/mol. The van der Waals surface area contributed by atoms with Gasteiger partial charge in [0.2, 0.25) is 0 Å². The summed E-state index contributed by atoms with van der Waals surface area (Å²) in [5, 5.41) is 5.05. The highest BCUT2D eigenvalue weighted by molar-refractivity contribution is 5.86. The van der Waals surface area contributed by atoms with Crippen molar-refractivity contribution in [2.45, 2.75) is 24.8 Å². The zero-order valence-corrected chi connectivity index (χ0v) is 12.9. The Morgan fingerprint density at radius 2 is 2.05 bits per heavy atom.